The van der Waals surface area contributed by atoms with Crippen molar-refractivity contribution in [3.63, 3.8) is 0 Å². The van der Waals surface area contributed by atoms with Crippen molar-refractivity contribution in [2.75, 3.05) is 13.1 Å². The number of likely N-dealkylation sites (tertiary alicyclic amines) is 1. The van der Waals surface area contributed by atoms with Crippen LogP contribution >= 0.6 is 0 Å². The zero-order valence-electron chi connectivity index (χ0n) is 12.7. The molecule has 0 radical (unpaired) electrons. The summed E-state index contributed by atoms with van der Waals surface area (Å²) in [6, 6.07) is 0.738. The Morgan fingerprint density at radius 1 is 1.33 bits per heavy atom. The van der Waals surface area contributed by atoms with Crippen molar-refractivity contribution in [1.82, 2.24) is 10.2 Å². The standard InChI is InChI=1S/C15H17F3N2O4/c16-15(17,18)10-7-20(6-9(10)13(21)22)14(23)19-11-2-1-3-12-8(11)4-5-24-12/h4-5,9-11H,1-3,6-7H2,(H,19,23)(H,21,22)/t9-,10-,11?/m1/s1. The van der Waals surface area contributed by atoms with Crippen LogP contribution in [-0.2, 0) is 11.2 Å². The zero-order chi connectivity index (χ0) is 17.5. The number of hydrogen-bond acceptors (Lipinski definition) is 3. The minimum Gasteiger partial charge on any atom is -0.481 e. The van der Waals surface area contributed by atoms with Crippen LogP contribution < -0.4 is 5.32 Å². The third-order valence-corrected chi connectivity index (χ3v) is 4.69. The summed E-state index contributed by atoms with van der Waals surface area (Å²) < 4.78 is 44.3. The van der Waals surface area contributed by atoms with Crippen LogP contribution in [0.2, 0.25) is 0 Å². The van der Waals surface area contributed by atoms with E-state index in [1.165, 1.54) is 6.26 Å². The second-order valence-corrected chi connectivity index (χ2v) is 6.19. The Hall–Kier alpha value is -2.19. The largest absolute Gasteiger partial charge is 0.481 e. The van der Waals surface area contributed by atoms with Crippen molar-refractivity contribution < 1.29 is 32.3 Å². The lowest BCUT2D eigenvalue weighted by Gasteiger charge is -2.26. The first-order valence-electron chi connectivity index (χ1n) is 7.68. The van der Waals surface area contributed by atoms with Gasteiger partial charge < -0.3 is 19.7 Å². The maximum atomic E-state index is 13.0. The Kier molecular flexibility index (Phi) is 4.18. The van der Waals surface area contributed by atoms with Gasteiger partial charge in [0.05, 0.1) is 24.1 Å². The third-order valence-electron chi connectivity index (χ3n) is 4.69. The first kappa shape index (κ1) is 16.7. The molecule has 0 aromatic carbocycles. The molecule has 9 heteroatoms. The molecular formula is C15H17F3N2O4. The van der Waals surface area contributed by atoms with Crippen LogP contribution in [0.25, 0.3) is 0 Å². The normalized spacial score (nSPS) is 27.0. The Labute approximate surface area is 135 Å². The number of carbonyl (C=O) groups is 2. The van der Waals surface area contributed by atoms with E-state index < -0.39 is 43.1 Å². The summed E-state index contributed by atoms with van der Waals surface area (Å²) >= 11 is 0. The SMILES string of the molecule is O=C(O)[C@@H]1CN(C(=O)NC2CCCc3occc32)C[C@H]1C(F)(F)F. The highest BCUT2D eigenvalue weighted by Crippen LogP contribution is 2.38. The number of carboxylic acid groups (broad SMARTS) is 1. The van der Waals surface area contributed by atoms with Crippen molar-refractivity contribution in [3.8, 4) is 0 Å². The Balaban J connectivity index is 1.70. The number of nitrogens with one attached hydrogen (secondary N) is 1. The number of aliphatic carboxylic acids is 1. The zero-order valence-corrected chi connectivity index (χ0v) is 12.7. The van der Waals surface area contributed by atoms with Gasteiger partial charge in [-0.1, -0.05) is 0 Å². The molecule has 1 unspecified atom stereocenters. The maximum absolute atomic E-state index is 13.0. The highest BCUT2D eigenvalue weighted by Gasteiger charge is 2.53. The van der Waals surface area contributed by atoms with Gasteiger partial charge in [-0.15, -0.1) is 0 Å². The smallest absolute Gasteiger partial charge is 0.394 e. The second kappa shape index (κ2) is 6.03. The Morgan fingerprint density at radius 2 is 2.08 bits per heavy atom. The van der Waals surface area contributed by atoms with Gasteiger partial charge in [0.25, 0.3) is 0 Å². The van der Waals surface area contributed by atoms with Gasteiger partial charge >= 0.3 is 18.2 Å². The predicted molar refractivity (Wildman–Crippen MR) is 75.2 cm³/mol. The summed E-state index contributed by atoms with van der Waals surface area (Å²) in [5.74, 6) is -4.45. The van der Waals surface area contributed by atoms with Crippen LogP contribution in [0.1, 0.15) is 30.2 Å². The Morgan fingerprint density at radius 3 is 2.71 bits per heavy atom. The maximum Gasteiger partial charge on any atom is 0.394 e. The third kappa shape index (κ3) is 3.07. The molecular weight excluding hydrogens is 329 g/mol. The lowest BCUT2D eigenvalue weighted by Crippen LogP contribution is -2.42. The summed E-state index contributed by atoms with van der Waals surface area (Å²) in [4.78, 5) is 24.3. The molecule has 1 aromatic heterocycles. The van der Waals surface area contributed by atoms with Gasteiger partial charge in [-0.3, -0.25) is 4.79 Å². The first-order valence-corrected chi connectivity index (χ1v) is 7.68. The van der Waals surface area contributed by atoms with E-state index in [0.29, 0.717) is 6.42 Å². The van der Waals surface area contributed by atoms with Crippen LogP contribution in [0.4, 0.5) is 18.0 Å². The number of rotatable bonds is 2. The lowest BCUT2D eigenvalue weighted by atomic mass is 9.93. The molecule has 2 aliphatic rings. The van der Waals surface area contributed by atoms with Gasteiger partial charge in [0.1, 0.15) is 5.76 Å². The summed E-state index contributed by atoms with van der Waals surface area (Å²) in [7, 11) is 0. The topological polar surface area (TPSA) is 82.8 Å². The fourth-order valence-corrected chi connectivity index (χ4v) is 3.43. The van der Waals surface area contributed by atoms with Crippen molar-refractivity contribution in [2.24, 2.45) is 11.8 Å². The van der Waals surface area contributed by atoms with Crippen LogP contribution in [0.5, 0.6) is 0 Å². The number of nitrogens with zero attached hydrogens (tertiary/aromatic N) is 1. The quantitative estimate of drug-likeness (QED) is 0.862. The van der Waals surface area contributed by atoms with Gasteiger partial charge in [-0.25, -0.2) is 4.79 Å². The van der Waals surface area contributed by atoms with E-state index in [2.05, 4.69) is 5.32 Å². The van der Waals surface area contributed by atoms with E-state index in [9.17, 15) is 22.8 Å². The minimum absolute atomic E-state index is 0.326. The molecule has 2 N–H and O–H groups in total. The number of amides is 2. The predicted octanol–water partition coefficient (Wildman–Crippen LogP) is 2.56. The second-order valence-electron chi connectivity index (χ2n) is 6.19. The average Bonchev–Trinajstić information content (AvgIpc) is 3.14. The molecule has 6 nitrogen and oxygen atoms in total. The molecule has 2 heterocycles. The molecule has 24 heavy (non-hydrogen) atoms. The molecule has 0 spiro atoms. The summed E-state index contributed by atoms with van der Waals surface area (Å²) in [5, 5.41) is 11.7. The van der Waals surface area contributed by atoms with E-state index >= 15 is 0 Å². The van der Waals surface area contributed by atoms with E-state index in [0.717, 1.165) is 29.1 Å². The van der Waals surface area contributed by atoms with E-state index in [1.807, 2.05) is 0 Å². The van der Waals surface area contributed by atoms with E-state index in [4.69, 9.17) is 9.52 Å². The number of carbonyl (C=O) groups excluding carboxylic acids is 1. The molecule has 1 aliphatic carbocycles. The lowest BCUT2D eigenvalue weighted by molar-refractivity contribution is -0.187. The van der Waals surface area contributed by atoms with Gasteiger partial charge in [-0.05, 0) is 18.9 Å². The molecule has 2 amide bonds. The summed E-state index contributed by atoms with van der Waals surface area (Å²) in [5.41, 5.74) is 0.830. The summed E-state index contributed by atoms with van der Waals surface area (Å²) in [6.45, 7) is -1.09. The first-order chi connectivity index (χ1) is 11.3. The molecule has 0 bridgehead atoms. The fourth-order valence-electron chi connectivity index (χ4n) is 3.43. The van der Waals surface area contributed by atoms with Gasteiger partial charge in [0.15, 0.2) is 0 Å². The van der Waals surface area contributed by atoms with Crippen LogP contribution in [-0.4, -0.2) is 41.3 Å². The molecule has 1 fully saturated rings. The van der Waals surface area contributed by atoms with E-state index in [-0.39, 0.29) is 6.04 Å². The van der Waals surface area contributed by atoms with Crippen LogP contribution in [0, 0.1) is 11.8 Å². The average molecular weight is 346 g/mol. The highest BCUT2D eigenvalue weighted by molar-refractivity contribution is 5.78. The number of urea groups is 1. The van der Waals surface area contributed by atoms with Crippen LogP contribution in [0.15, 0.2) is 16.7 Å². The van der Waals surface area contributed by atoms with Crippen LogP contribution in [0.3, 0.4) is 0 Å². The summed E-state index contributed by atoms with van der Waals surface area (Å²) in [6.07, 6.45) is -0.910. The molecule has 1 aliphatic heterocycles. The molecule has 3 rings (SSSR count). The van der Waals surface area contributed by atoms with Gasteiger partial charge in [-0.2, -0.15) is 13.2 Å². The highest BCUT2D eigenvalue weighted by atomic mass is 19.4. The molecule has 132 valence electrons. The number of hydrogen-bond donors (Lipinski definition) is 2. The van der Waals surface area contributed by atoms with Crippen molar-refractivity contribution in [3.05, 3.63) is 23.7 Å². The molecule has 1 saturated heterocycles. The number of fused-ring (bicyclic) bond motifs is 1. The Bertz CT molecular complexity index is 643. The van der Waals surface area contributed by atoms with Gasteiger partial charge in [0.2, 0.25) is 0 Å². The van der Waals surface area contributed by atoms with E-state index in [1.54, 1.807) is 6.07 Å². The number of alkyl halides is 3. The van der Waals surface area contributed by atoms with Crippen molar-refractivity contribution in [2.45, 2.75) is 31.5 Å². The number of carboxylic acids is 1. The number of halogens is 3. The van der Waals surface area contributed by atoms with Crippen molar-refractivity contribution >= 4 is 12.0 Å². The van der Waals surface area contributed by atoms with Crippen molar-refractivity contribution in [1.29, 1.82) is 0 Å². The molecule has 0 saturated carbocycles. The number of aryl methyl sites for hydroxylation is 1. The minimum atomic E-state index is -4.65. The molecule has 1 aromatic rings. The fraction of sp³-hybridized carbons (Fsp3) is 0.600. The number of furan rings is 1. The molecule has 3 atom stereocenters. The monoisotopic (exact) mass is 346 g/mol. The van der Waals surface area contributed by atoms with Gasteiger partial charge in [0, 0.05) is 25.1 Å².